The Balaban J connectivity index is 2.15. The monoisotopic (exact) mass is 254 g/mol. The molecule has 0 aromatic heterocycles. The lowest BCUT2D eigenvalue weighted by molar-refractivity contribution is 0.0940. The van der Waals surface area contributed by atoms with Crippen LogP contribution in [0.3, 0.4) is 0 Å². The number of nitrogens with one attached hydrogen (secondary N) is 1. The lowest BCUT2D eigenvalue weighted by atomic mass is 10.1. The zero-order valence-electron chi connectivity index (χ0n) is 11.2. The van der Waals surface area contributed by atoms with E-state index in [9.17, 15) is 4.79 Å². The standard InChI is InChI=1S/C16H18N2O/c1-11-8-9-15(17)14(10-11)16(19)18-12(2)13-6-4-3-5-7-13/h3-10,12H,17H2,1-2H3,(H,18,19)/t12-/m0/s1. The first-order valence-electron chi connectivity index (χ1n) is 6.30. The fraction of sp³-hybridized carbons (Fsp3) is 0.188. The van der Waals surface area contributed by atoms with Gasteiger partial charge in [-0.3, -0.25) is 4.79 Å². The maximum Gasteiger partial charge on any atom is 0.253 e. The van der Waals surface area contributed by atoms with Crippen molar-refractivity contribution in [2.75, 3.05) is 5.73 Å². The predicted molar refractivity (Wildman–Crippen MR) is 77.9 cm³/mol. The third kappa shape index (κ3) is 3.13. The van der Waals surface area contributed by atoms with Gasteiger partial charge in [0, 0.05) is 5.69 Å². The van der Waals surface area contributed by atoms with Gasteiger partial charge in [0.1, 0.15) is 0 Å². The van der Waals surface area contributed by atoms with Crippen LogP contribution >= 0.6 is 0 Å². The number of hydrogen-bond donors (Lipinski definition) is 2. The number of anilines is 1. The van der Waals surface area contributed by atoms with Gasteiger partial charge in [-0.2, -0.15) is 0 Å². The van der Waals surface area contributed by atoms with Crippen LogP contribution in [-0.2, 0) is 0 Å². The summed E-state index contributed by atoms with van der Waals surface area (Å²) in [6.07, 6.45) is 0. The Labute approximate surface area is 113 Å². The molecule has 3 N–H and O–H groups in total. The molecule has 0 spiro atoms. The second-order valence-corrected chi connectivity index (χ2v) is 4.70. The van der Waals surface area contributed by atoms with Crippen LogP contribution in [-0.4, -0.2) is 5.91 Å². The van der Waals surface area contributed by atoms with Gasteiger partial charge in [-0.05, 0) is 31.5 Å². The van der Waals surface area contributed by atoms with E-state index >= 15 is 0 Å². The number of rotatable bonds is 3. The van der Waals surface area contributed by atoms with Crippen LogP contribution in [0.5, 0.6) is 0 Å². The van der Waals surface area contributed by atoms with Crippen molar-refractivity contribution in [3.05, 3.63) is 65.2 Å². The van der Waals surface area contributed by atoms with Crippen molar-refractivity contribution in [2.45, 2.75) is 19.9 Å². The van der Waals surface area contributed by atoms with Gasteiger partial charge < -0.3 is 11.1 Å². The molecular formula is C16H18N2O. The summed E-state index contributed by atoms with van der Waals surface area (Å²) in [5.74, 6) is -0.141. The molecular weight excluding hydrogens is 236 g/mol. The molecule has 0 unspecified atom stereocenters. The molecule has 0 aliphatic heterocycles. The average molecular weight is 254 g/mol. The molecule has 0 bridgehead atoms. The summed E-state index contributed by atoms with van der Waals surface area (Å²) in [7, 11) is 0. The maximum absolute atomic E-state index is 12.2. The van der Waals surface area contributed by atoms with Crippen LogP contribution in [0.4, 0.5) is 5.69 Å². The minimum Gasteiger partial charge on any atom is -0.398 e. The molecule has 0 saturated carbocycles. The van der Waals surface area contributed by atoms with Crippen molar-refractivity contribution in [1.29, 1.82) is 0 Å². The highest BCUT2D eigenvalue weighted by Gasteiger charge is 2.13. The van der Waals surface area contributed by atoms with Crippen LogP contribution in [0.2, 0.25) is 0 Å². The van der Waals surface area contributed by atoms with Gasteiger partial charge in [0.05, 0.1) is 11.6 Å². The molecule has 1 atom stereocenters. The lowest BCUT2D eigenvalue weighted by Gasteiger charge is -2.15. The van der Waals surface area contributed by atoms with Crippen molar-refractivity contribution >= 4 is 11.6 Å². The Kier molecular flexibility index (Phi) is 3.85. The van der Waals surface area contributed by atoms with Crippen LogP contribution in [0, 0.1) is 6.92 Å². The largest absolute Gasteiger partial charge is 0.398 e. The summed E-state index contributed by atoms with van der Waals surface area (Å²) in [5.41, 5.74) is 8.97. The molecule has 2 aromatic carbocycles. The molecule has 19 heavy (non-hydrogen) atoms. The van der Waals surface area contributed by atoms with Gasteiger partial charge in [-0.25, -0.2) is 0 Å². The minimum atomic E-state index is -0.141. The van der Waals surface area contributed by atoms with Gasteiger partial charge in [0.25, 0.3) is 5.91 Å². The van der Waals surface area contributed by atoms with Crippen molar-refractivity contribution in [2.24, 2.45) is 0 Å². The van der Waals surface area contributed by atoms with Gasteiger partial charge in [-0.15, -0.1) is 0 Å². The summed E-state index contributed by atoms with van der Waals surface area (Å²) in [5, 5.41) is 2.96. The van der Waals surface area contributed by atoms with E-state index in [1.807, 2.05) is 56.3 Å². The van der Waals surface area contributed by atoms with E-state index in [2.05, 4.69) is 5.32 Å². The second-order valence-electron chi connectivity index (χ2n) is 4.70. The number of carbonyl (C=O) groups is 1. The summed E-state index contributed by atoms with van der Waals surface area (Å²) >= 11 is 0. The predicted octanol–water partition coefficient (Wildman–Crippen LogP) is 3.07. The second kappa shape index (κ2) is 5.57. The number of aryl methyl sites for hydroxylation is 1. The Morgan fingerprint density at radius 2 is 1.84 bits per heavy atom. The first kappa shape index (κ1) is 13.1. The Hall–Kier alpha value is -2.29. The maximum atomic E-state index is 12.2. The molecule has 0 saturated heterocycles. The fourth-order valence-corrected chi connectivity index (χ4v) is 1.97. The van der Waals surface area contributed by atoms with Crippen LogP contribution in [0.25, 0.3) is 0 Å². The van der Waals surface area contributed by atoms with E-state index in [0.29, 0.717) is 11.3 Å². The quantitative estimate of drug-likeness (QED) is 0.827. The number of nitrogen functional groups attached to an aromatic ring is 1. The van der Waals surface area contributed by atoms with Gasteiger partial charge >= 0.3 is 0 Å². The van der Waals surface area contributed by atoms with E-state index < -0.39 is 0 Å². The molecule has 0 aliphatic carbocycles. The highest BCUT2D eigenvalue weighted by atomic mass is 16.1. The molecule has 0 radical (unpaired) electrons. The van der Waals surface area contributed by atoms with Gasteiger partial charge in [-0.1, -0.05) is 42.0 Å². The molecule has 3 heteroatoms. The SMILES string of the molecule is Cc1ccc(N)c(C(=O)N[C@@H](C)c2ccccc2)c1. The van der Waals surface area contributed by atoms with Crippen LogP contribution in [0.1, 0.15) is 34.5 Å². The van der Waals surface area contributed by atoms with E-state index in [-0.39, 0.29) is 11.9 Å². The molecule has 0 aliphatic rings. The molecule has 0 fully saturated rings. The summed E-state index contributed by atoms with van der Waals surface area (Å²) in [6, 6.07) is 15.3. The molecule has 1 amide bonds. The number of hydrogen-bond acceptors (Lipinski definition) is 2. The van der Waals surface area contributed by atoms with E-state index in [1.54, 1.807) is 6.07 Å². The van der Waals surface area contributed by atoms with Gasteiger partial charge in [0.2, 0.25) is 0 Å². The topological polar surface area (TPSA) is 55.1 Å². The number of nitrogens with two attached hydrogens (primary N) is 1. The molecule has 98 valence electrons. The Bertz CT molecular complexity index is 579. The van der Waals surface area contributed by atoms with Crippen molar-refractivity contribution in [1.82, 2.24) is 5.32 Å². The van der Waals surface area contributed by atoms with Gasteiger partial charge in [0.15, 0.2) is 0 Å². The van der Waals surface area contributed by atoms with Crippen LogP contribution < -0.4 is 11.1 Å². The highest BCUT2D eigenvalue weighted by molar-refractivity contribution is 5.99. The normalized spacial score (nSPS) is 11.9. The Morgan fingerprint density at radius 3 is 2.53 bits per heavy atom. The number of benzene rings is 2. The molecule has 2 rings (SSSR count). The van der Waals surface area contributed by atoms with Crippen LogP contribution in [0.15, 0.2) is 48.5 Å². The van der Waals surface area contributed by atoms with Crippen molar-refractivity contribution in [3.8, 4) is 0 Å². The number of carbonyl (C=O) groups excluding carboxylic acids is 1. The lowest BCUT2D eigenvalue weighted by Crippen LogP contribution is -2.27. The highest BCUT2D eigenvalue weighted by Crippen LogP contribution is 2.16. The zero-order chi connectivity index (χ0) is 13.8. The summed E-state index contributed by atoms with van der Waals surface area (Å²) in [6.45, 7) is 3.90. The van der Waals surface area contributed by atoms with E-state index in [4.69, 9.17) is 5.73 Å². The minimum absolute atomic E-state index is 0.0476. The number of amides is 1. The van der Waals surface area contributed by atoms with E-state index in [1.165, 1.54) is 0 Å². The third-order valence-corrected chi connectivity index (χ3v) is 3.10. The molecule has 2 aromatic rings. The summed E-state index contributed by atoms with van der Waals surface area (Å²) in [4.78, 5) is 12.2. The average Bonchev–Trinajstić information content (AvgIpc) is 2.42. The molecule has 3 nitrogen and oxygen atoms in total. The van der Waals surface area contributed by atoms with Crippen molar-refractivity contribution in [3.63, 3.8) is 0 Å². The van der Waals surface area contributed by atoms with Crippen molar-refractivity contribution < 1.29 is 4.79 Å². The van der Waals surface area contributed by atoms with E-state index in [0.717, 1.165) is 11.1 Å². The first-order valence-corrected chi connectivity index (χ1v) is 6.30. The fourth-order valence-electron chi connectivity index (χ4n) is 1.97. The zero-order valence-corrected chi connectivity index (χ0v) is 11.2. The molecule has 0 heterocycles. The third-order valence-electron chi connectivity index (χ3n) is 3.10. The summed E-state index contributed by atoms with van der Waals surface area (Å²) < 4.78 is 0. The Morgan fingerprint density at radius 1 is 1.16 bits per heavy atom. The first-order chi connectivity index (χ1) is 9.08. The smallest absolute Gasteiger partial charge is 0.253 e.